The number of methoxy groups -OCH3 is 2. The zero-order valence-electron chi connectivity index (χ0n) is 12.6. The molecule has 1 atom stereocenters. The quantitative estimate of drug-likeness (QED) is 0.552. The van der Waals surface area contributed by atoms with Crippen LogP contribution in [-0.4, -0.2) is 50.6 Å². The van der Waals surface area contributed by atoms with Gasteiger partial charge in [-0.1, -0.05) is 6.07 Å². The summed E-state index contributed by atoms with van der Waals surface area (Å²) in [6, 6.07) is 4.76. The van der Waals surface area contributed by atoms with Crippen LogP contribution in [0, 0.1) is 10.1 Å². The van der Waals surface area contributed by atoms with E-state index in [1.807, 2.05) is 4.90 Å². The van der Waals surface area contributed by atoms with Crippen molar-refractivity contribution in [2.45, 2.75) is 13.0 Å². The number of rotatable bonds is 9. The van der Waals surface area contributed by atoms with Gasteiger partial charge >= 0.3 is 0 Å². The van der Waals surface area contributed by atoms with Gasteiger partial charge in [-0.2, -0.15) is 0 Å². The summed E-state index contributed by atoms with van der Waals surface area (Å²) in [5.74, 6) is 0. The van der Waals surface area contributed by atoms with E-state index < -0.39 is 11.0 Å². The fourth-order valence-electron chi connectivity index (χ4n) is 1.97. The zero-order chi connectivity index (χ0) is 15.8. The van der Waals surface area contributed by atoms with Crippen molar-refractivity contribution in [2.24, 2.45) is 0 Å². The minimum atomic E-state index is -0.746. The van der Waals surface area contributed by atoms with Gasteiger partial charge < -0.3 is 19.5 Å². The molecule has 0 amide bonds. The van der Waals surface area contributed by atoms with Crippen LogP contribution in [0.3, 0.4) is 0 Å². The molecule has 0 saturated heterocycles. The van der Waals surface area contributed by atoms with Gasteiger partial charge in [-0.25, -0.2) is 0 Å². The monoisotopic (exact) mass is 298 g/mol. The summed E-state index contributed by atoms with van der Waals surface area (Å²) in [4.78, 5) is 12.7. The van der Waals surface area contributed by atoms with Crippen LogP contribution in [0.5, 0.6) is 0 Å². The van der Waals surface area contributed by atoms with E-state index in [4.69, 9.17) is 9.47 Å². The molecule has 1 rings (SSSR count). The minimum absolute atomic E-state index is 0.0272. The molecule has 0 bridgehead atoms. The maximum Gasteiger partial charge on any atom is 0.292 e. The lowest BCUT2D eigenvalue weighted by Crippen LogP contribution is -2.31. The van der Waals surface area contributed by atoms with Crippen molar-refractivity contribution in [1.29, 1.82) is 0 Å². The van der Waals surface area contributed by atoms with E-state index in [-0.39, 0.29) is 5.69 Å². The van der Waals surface area contributed by atoms with Crippen LogP contribution in [0.4, 0.5) is 11.4 Å². The fourth-order valence-corrected chi connectivity index (χ4v) is 1.97. The van der Waals surface area contributed by atoms with Crippen LogP contribution in [0.25, 0.3) is 0 Å². The molecule has 0 heterocycles. The summed E-state index contributed by atoms with van der Waals surface area (Å²) in [5.41, 5.74) is 0.989. The van der Waals surface area contributed by atoms with E-state index in [0.717, 1.165) is 0 Å². The number of benzene rings is 1. The highest BCUT2D eigenvalue weighted by atomic mass is 16.6. The Morgan fingerprint density at radius 1 is 1.29 bits per heavy atom. The molecular formula is C14H22N2O5. The number of hydrogen-bond acceptors (Lipinski definition) is 6. The van der Waals surface area contributed by atoms with Crippen LogP contribution in [0.15, 0.2) is 18.2 Å². The number of nitro groups is 1. The van der Waals surface area contributed by atoms with E-state index in [2.05, 4.69) is 0 Å². The predicted octanol–water partition coefficient (Wildman–Crippen LogP) is 1.75. The van der Waals surface area contributed by atoms with Gasteiger partial charge in [0.15, 0.2) is 0 Å². The van der Waals surface area contributed by atoms with E-state index >= 15 is 0 Å². The van der Waals surface area contributed by atoms with Crippen LogP contribution in [-0.2, 0) is 9.47 Å². The Balaban J connectivity index is 3.12. The number of nitrogens with zero attached hydrogens (tertiary/aromatic N) is 2. The SMILES string of the molecule is COCCN(CCOC)c1ccc(C(C)O)cc1[N+](=O)[O-]. The maximum absolute atomic E-state index is 11.3. The highest BCUT2D eigenvalue weighted by molar-refractivity contribution is 5.64. The molecule has 0 aliphatic rings. The molecule has 7 nitrogen and oxygen atoms in total. The first kappa shape index (κ1) is 17.4. The highest BCUT2D eigenvalue weighted by Gasteiger charge is 2.21. The molecule has 0 radical (unpaired) electrons. The van der Waals surface area contributed by atoms with Crippen LogP contribution >= 0.6 is 0 Å². The zero-order valence-corrected chi connectivity index (χ0v) is 12.6. The lowest BCUT2D eigenvalue weighted by atomic mass is 10.1. The standard InChI is InChI=1S/C14H22N2O5/c1-11(17)12-4-5-13(14(10-12)16(18)19)15(6-8-20-2)7-9-21-3/h4-5,10-11,17H,6-9H2,1-3H3. The minimum Gasteiger partial charge on any atom is -0.389 e. The topological polar surface area (TPSA) is 85.1 Å². The summed E-state index contributed by atoms with van der Waals surface area (Å²) in [6.45, 7) is 3.54. The summed E-state index contributed by atoms with van der Waals surface area (Å²) in [6.07, 6.45) is -0.746. The van der Waals surface area contributed by atoms with Gasteiger partial charge in [0.1, 0.15) is 5.69 Å². The van der Waals surface area contributed by atoms with Gasteiger partial charge in [0, 0.05) is 33.4 Å². The summed E-state index contributed by atoms with van der Waals surface area (Å²) < 4.78 is 10.1. The van der Waals surface area contributed by atoms with E-state index in [0.29, 0.717) is 37.6 Å². The lowest BCUT2D eigenvalue weighted by Gasteiger charge is -2.24. The average Bonchev–Trinajstić information content (AvgIpc) is 2.46. The number of aliphatic hydroxyl groups excluding tert-OH is 1. The molecule has 0 spiro atoms. The maximum atomic E-state index is 11.3. The van der Waals surface area contributed by atoms with Crippen molar-refractivity contribution < 1.29 is 19.5 Å². The largest absolute Gasteiger partial charge is 0.389 e. The Kier molecular flexibility index (Phi) is 7.07. The van der Waals surface area contributed by atoms with E-state index in [1.165, 1.54) is 6.07 Å². The first-order valence-corrected chi connectivity index (χ1v) is 6.70. The van der Waals surface area contributed by atoms with Gasteiger partial charge in [-0.15, -0.1) is 0 Å². The molecular weight excluding hydrogens is 276 g/mol. The number of nitro benzene ring substituents is 1. The number of anilines is 1. The third kappa shape index (κ3) is 4.96. The highest BCUT2D eigenvalue weighted by Crippen LogP contribution is 2.31. The van der Waals surface area contributed by atoms with Crippen LogP contribution < -0.4 is 4.90 Å². The van der Waals surface area contributed by atoms with Crippen molar-refractivity contribution in [1.82, 2.24) is 0 Å². The Hall–Kier alpha value is -1.70. The summed E-state index contributed by atoms with van der Waals surface area (Å²) in [7, 11) is 3.17. The van der Waals surface area contributed by atoms with Crippen LogP contribution in [0.1, 0.15) is 18.6 Å². The third-order valence-electron chi connectivity index (χ3n) is 3.15. The lowest BCUT2D eigenvalue weighted by molar-refractivity contribution is -0.384. The molecule has 21 heavy (non-hydrogen) atoms. The molecule has 0 saturated carbocycles. The third-order valence-corrected chi connectivity index (χ3v) is 3.15. The van der Waals surface area contributed by atoms with Gasteiger partial charge in [-0.3, -0.25) is 10.1 Å². The average molecular weight is 298 g/mol. The van der Waals surface area contributed by atoms with Crippen molar-refractivity contribution >= 4 is 11.4 Å². The normalized spacial score (nSPS) is 12.2. The first-order chi connectivity index (χ1) is 10.0. The molecule has 0 aromatic heterocycles. The van der Waals surface area contributed by atoms with Gasteiger partial charge in [0.05, 0.1) is 24.2 Å². The molecule has 1 unspecified atom stereocenters. The Morgan fingerprint density at radius 2 is 1.86 bits per heavy atom. The van der Waals surface area contributed by atoms with Gasteiger partial charge in [-0.05, 0) is 18.6 Å². The van der Waals surface area contributed by atoms with Crippen molar-refractivity contribution in [3.05, 3.63) is 33.9 Å². The second-order valence-electron chi connectivity index (χ2n) is 4.65. The van der Waals surface area contributed by atoms with Crippen molar-refractivity contribution in [3.63, 3.8) is 0 Å². The molecule has 1 aromatic carbocycles. The Labute approximate surface area is 124 Å². The molecule has 7 heteroatoms. The predicted molar refractivity (Wildman–Crippen MR) is 79.7 cm³/mol. The van der Waals surface area contributed by atoms with Gasteiger partial charge in [0.25, 0.3) is 5.69 Å². The van der Waals surface area contributed by atoms with Crippen LogP contribution in [0.2, 0.25) is 0 Å². The van der Waals surface area contributed by atoms with Crippen molar-refractivity contribution in [2.75, 3.05) is 45.4 Å². The molecule has 0 fully saturated rings. The Bertz CT molecular complexity index is 457. The summed E-state index contributed by atoms with van der Waals surface area (Å²) >= 11 is 0. The number of hydrogen-bond donors (Lipinski definition) is 1. The van der Waals surface area contributed by atoms with E-state index in [1.54, 1.807) is 33.3 Å². The first-order valence-electron chi connectivity index (χ1n) is 6.70. The second-order valence-corrected chi connectivity index (χ2v) is 4.65. The molecule has 118 valence electrons. The van der Waals surface area contributed by atoms with Gasteiger partial charge in [0.2, 0.25) is 0 Å². The molecule has 0 aliphatic carbocycles. The number of ether oxygens (including phenoxy) is 2. The summed E-state index contributed by atoms with van der Waals surface area (Å²) in [5, 5.41) is 20.8. The molecule has 1 aromatic rings. The molecule has 0 aliphatic heterocycles. The molecule has 1 N–H and O–H groups in total. The second kappa shape index (κ2) is 8.56. The fraction of sp³-hybridized carbons (Fsp3) is 0.571. The Morgan fingerprint density at radius 3 is 2.29 bits per heavy atom. The van der Waals surface area contributed by atoms with E-state index in [9.17, 15) is 15.2 Å². The smallest absolute Gasteiger partial charge is 0.292 e. The number of aliphatic hydroxyl groups is 1. The van der Waals surface area contributed by atoms with Crippen molar-refractivity contribution in [3.8, 4) is 0 Å².